The van der Waals surface area contributed by atoms with E-state index in [0.29, 0.717) is 25.2 Å². The van der Waals surface area contributed by atoms with E-state index in [9.17, 15) is 55.9 Å². The van der Waals surface area contributed by atoms with Gasteiger partial charge in [0.1, 0.15) is 67.1 Å². The maximum atomic E-state index is 13.2. The van der Waals surface area contributed by atoms with Crippen molar-refractivity contribution in [2.45, 2.75) is 205 Å². The third-order valence-electron chi connectivity index (χ3n) is 19.0. The van der Waals surface area contributed by atoms with E-state index in [1.54, 1.807) is 0 Å². The molecule has 0 spiro atoms. The van der Waals surface area contributed by atoms with E-state index in [4.69, 9.17) is 28.4 Å². The van der Waals surface area contributed by atoms with Gasteiger partial charge in [-0.15, -0.1) is 0 Å². The van der Waals surface area contributed by atoms with Crippen molar-refractivity contribution in [2.75, 3.05) is 19.8 Å². The number of aliphatic hydroxyl groups is 9. The number of carboxylic acids is 1. The summed E-state index contributed by atoms with van der Waals surface area (Å²) in [5.74, 6) is -0.181. The first-order chi connectivity index (χ1) is 29.9. The number of allylic oxidation sites excluding steroid dienone is 2. The van der Waals surface area contributed by atoms with Crippen LogP contribution in [0, 0.1) is 50.2 Å². The lowest BCUT2D eigenvalue weighted by Crippen LogP contribution is -2.68. The average Bonchev–Trinajstić information content (AvgIpc) is 3.23. The first kappa shape index (κ1) is 49.0. The van der Waals surface area contributed by atoms with Crippen LogP contribution >= 0.6 is 0 Å². The number of fused-ring (bicyclic) bond motifs is 7. The zero-order valence-corrected chi connectivity index (χ0v) is 38.5. The minimum absolute atomic E-state index is 0.00488. The van der Waals surface area contributed by atoms with Crippen LogP contribution in [0.5, 0.6) is 0 Å². The lowest BCUT2D eigenvalue weighted by Gasteiger charge is -2.71. The number of carbonyl (C=O) groups is 1. The third-order valence-corrected chi connectivity index (χ3v) is 19.0. The van der Waals surface area contributed by atoms with Crippen LogP contribution in [-0.4, -0.2) is 169 Å². The van der Waals surface area contributed by atoms with Gasteiger partial charge in [0.2, 0.25) is 0 Å². The summed E-state index contributed by atoms with van der Waals surface area (Å²) in [5, 5.41) is 107. The summed E-state index contributed by atoms with van der Waals surface area (Å²) in [6, 6.07) is 0. The van der Waals surface area contributed by atoms with E-state index in [0.717, 1.165) is 44.9 Å². The van der Waals surface area contributed by atoms with Crippen LogP contribution in [-0.2, 0) is 33.2 Å². The third kappa shape index (κ3) is 7.58. The van der Waals surface area contributed by atoms with E-state index < -0.39 is 129 Å². The molecule has 3 aliphatic heterocycles. The van der Waals surface area contributed by atoms with Crippen molar-refractivity contribution in [3.63, 3.8) is 0 Å². The Morgan fingerprint density at radius 1 is 0.672 bits per heavy atom. The Balaban J connectivity index is 1.08. The lowest BCUT2D eigenvalue weighted by molar-refractivity contribution is -0.395. The van der Waals surface area contributed by atoms with Gasteiger partial charge in [0, 0.05) is 0 Å². The molecule has 0 aromatic heterocycles. The van der Waals surface area contributed by atoms with Gasteiger partial charge in [-0.3, -0.25) is 4.79 Å². The highest BCUT2D eigenvalue weighted by Crippen LogP contribution is 2.76. The number of hydrogen-bond donors (Lipinski definition) is 10. The molecule has 17 heteroatoms. The molecular formula is C47H76O17. The predicted octanol–water partition coefficient (Wildman–Crippen LogP) is 1.35. The van der Waals surface area contributed by atoms with E-state index in [1.807, 2.05) is 0 Å². The number of rotatable bonds is 9. The highest BCUT2D eigenvalue weighted by Gasteiger charge is 2.70. The fraction of sp³-hybridized carbons (Fsp3) is 0.936. The molecule has 366 valence electrons. The monoisotopic (exact) mass is 913 g/mol. The van der Waals surface area contributed by atoms with Gasteiger partial charge in [-0.2, -0.15) is 0 Å². The Morgan fingerprint density at radius 2 is 1.30 bits per heavy atom. The molecule has 0 radical (unpaired) electrons. The van der Waals surface area contributed by atoms with Crippen LogP contribution < -0.4 is 0 Å². The molecule has 22 atom stereocenters. The highest BCUT2D eigenvalue weighted by molar-refractivity contribution is 5.76. The molecule has 3 heterocycles. The molecule has 0 bridgehead atoms. The van der Waals surface area contributed by atoms with Crippen LogP contribution in [0.1, 0.15) is 113 Å². The normalized spacial score (nSPS) is 53.5. The first-order valence-electron chi connectivity index (χ1n) is 23.7. The summed E-state index contributed by atoms with van der Waals surface area (Å²) < 4.78 is 36.9. The van der Waals surface area contributed by atoms with Gasteiger partial charge in [-0.25, -0.2) is 0 Å². The molecule has 64 heavy (non-hydrogen) atoms. The molecule has 0 aromatic carbocycles. The largest absolute Gasteiger partial charge is 0.481 e. The average molecular weight is 913 g/mol. The summed E-state index contributed by atoms with van der Waals surface area (Å²) >= 11 is 0. The van der Waals surface area contributed by atoms with Crippen molar-refractivity contribution in [3.05, 3.63) is 11.6 Å². The molecule has 0 amide bonds. The number of carboxylic acid groups (broad SMARTS) is 1. The molecule has 8 rings (SSSR count). The van der Waals surface area contributed by atoms with E-state index >= 15 is 0 Å². The standard InChI is InChI=1S/C47H76O17/c1-42(2)14-16-47(41(57)58)17-15-45(6)22(23(47)18-42)8-9-28-44(5)12-11-29(43(3,4)27(44)10-13-46(28,45)7)62-40-37(64-38-34(55)30(51)24(50)21-59-38)36(32(53)26(20-49)61-40)63-39-35(56)33(54)31(52)25(19-48)60-39/h8,23-40,48-56H,9-21H2,1-7H3,(H,57,58)/t23-,24+,25+,26+,27-,28+,29-,30-,31+,32-,33-,34+,35+,36-,37+,38-,39-,40-,44-,45+,46+,47-/m0/s1. The quantitative estimate of drug-likeness (QED) is 0.116. The SMILES string of the molecule is CC1(C)CC[C@]2(C(=O)O)CC[C@]3(C)C(=CC[C@@H]4[C@@]5(C)CC[C@H](O[C@@H]6O[C@H](CO)[C@H](O)[C@H](O[C@@H]7O[C@H](CO)[C@@H](O)[C@H](O)[C@H]7O)[C@H]6O[C@@H]6OC[C@@H](O)[C@H](O)[C@H]6O)C(C)(C)[C@@H]5CC[C@]43C)[C@@H]2C1. The summed E-state index contributed by atoms with van der Waals surface area (Å²) in [5.41, 5.74) is -0.169. The topological polar surface area (TPSA) is 275 Å². The predicted molar refractivity (Wildman–Crippen MR) is 225 cm³/mol. The zero-order chi connectivity index (χ0) is 46.7. The van der Waals surface area contributed by atoms with Gasteiger partial charge in [0.25, 0.3) is 0 Å². The minimum Gasteiger partial charge on any atom is -0.481 e. The maximum Gasteiger partial charge on any atom is 0.310 e. The summed E-state index contributed by atoms with van der Waals surface area (Å²) in [7, 11) is 0. The Labute approximate surface area is 376 Å². The van der Waals surface area contributed by atoms with Gasteiger partial charge >= 0.3 is 5.97 Å². The first-order valence-corrected chi connectivity index (χ1v) is 23.7. The van der Waals surface area contributed by atoms with Crippen LogP contribution in [0.3, 0.4) is 0 Å². The molecule has 3 saturated heterocycles. The lowest BCUT2D eigenvalue weighted by atomic mass is 9.33. The molecule has 5 aliphatic carbocycles. The Kier molecular flexibility index (Phi) is 13.2. The second-order valence-corrected chi connectivity index (χ2v) is 23.0. The van der Waals surface area contributed by atoms with Crippen LogP contribution in [0.2, 0.25) is 0 Å². The minimum atomic E-state index is -1.86. The molecule has 8 aliphatic rings. The fourth-order valence-corrected chi connectivity index (χ4v) is 14.8. The number of aliphatic hydroxyl groups excluding tert-OH is 9. The van der Waals surface area contributed by atoms with Crippen LogP contribution in [0.4, 0.5) is 0 Å². The van der Waals surface area contributed by atoms with Crippen molar-refractivity contribution in [2.24, 2.45) is 50.2 Å². The fourth-order valence-electron chi connectivity index (χ4n) is 14.8. The van der Waals surface area contributed by atoms with Crippen LogP contribution in [0.25, 0.3) is 0 Å². The summed E-state index contributed by atoms with van der Waals surface area (Å²) in [4.78, 5) is 13.2. The second-order valence-electron chi connectivity index (χ2n) is 23.0. The second kappa shape index (κ2) is 17.2. The van der Waals surface area contributed by atoms with Gasteiger partial charge in [-0.1, -0.05) is 60.1 Å². The molecular weight excluding hydrogens is 836 g/mol. The molecule has 0 unspecified atom stereocenters. The Bertz CT molecular complexity index is 1740. The Hall–Kier alpha value is -1.39. The molecule has 7 fully saturated rings. The maximum absolute atomic E-state index is 13.2. The van der Waals surface area contributed by atoms with Gasteiger partial charge in [0.15, 0.2) is 18.9 Å². The molecule has 17 nitrogen and oxygen atoms in total. The van der Waals surface area contributed by atoms with Crippen molar-refractivity contribution in [3.8, 4) is 0 Å². The summed E-state index contributed by atoms with van der Waals surface area (Å²) in [6.45, 7) is 14.4. The number of ether oxygens (including phenoxy) is 6. The van der Waals surface area contributed by atoms with E-state index in [1.165, 1.54) is 5.57 Å². The molecule has 10 N–H and O–H groups in total. The van der Waals surface area contributed by atoms with Crippen molar-refractivity contribution < 1.29 is 84.3 Å². The van der Waals surface area contributed by atoms with Crippen molar-refractivity contribution >= 4 is 5.97 Å². The molecule has 0 aromatic rings. The number of hydrogen-bond acceptors (Lipinski definition) is 16. The molecule has 4 saturated carbocycles. The summed E-state index contributed by atoms with van der Waals surface area (Å²) in [6.07, 6.45) is -12.4. The van der Waals surface area contributed by atoms with Crippen molar-refractivity contribution in [1.29, 1.82) is 0 Å². The van der Waals surface area contributed by atoms with Crippen LogP contribution in [0.15, 0.2) is 11.6 Å². The Morgan fingerprint density at radius 3 is 1.97 bits per heavy atom. The van der Waals surface area contributed by atoms with E-state index in [-0.39, 0.29) is 33.5 Å². The van der Waals surface area contributed by atoms with E-state index in [2.05, 4.69) is 54.5 Å². The van der Waals surface area contributed by atoms with Gasteiger partial charge in [-0.05, 0) is 109 Å². The zero-order valence-electron chi connectivity index (χ0n) is 38.5. The van der Waals surface area contributed by atoms with Gasteiger partial charge in [0.05, 0.1) is 31.3 Å². The van der Waals surface area contributed by atoms with Crippen molar-refractivity contribution in [1.82, 2.24) is 0 Å². The highest BCUT2D eigenvalue weighted by atomic mass is 16.8. The smallest absolute Gasteiger partial charge is 0.310 e. The van der Waals surface area contributed by atoms with Gasteiger partial charge < -0.3 is 79.5 Å². The number of aliphatic carboxylic acids is 1.